The zero-order valence-electron chi connectivity index (χ0n) is 21.5. The molecule has 1 aromatic carbocycles. The van der Waals surface area contributed by atoms with Crippen LogP contribution in [-0.4, -0.2) is 55.7 Å². The number of nitrogens with zero attached hydrogens (tertiary/aromatic N) is 2. The molecule has 0 unspecified atom stereocenters. The maximum atomic E-state index is 13.3. The summed E-state index contributed by atoms with van der Waals surface area (Å²) < 4.78 is 33.3. The van der Waals surface area contributed by atoms with Gasteiger partial charge in [0.1, 0.15) is 9.21 Å². The van der Waals surface area contributed by atoms with Crippen molar-refractivity contribution in [3.8, 4) is 0 Å². The Morgan fingerprint density at radius 1 is 1.08 bits per heavy atom. The topological polar surface area (TPSA) is 96.0 Å². The van der Waals surface area contributed by atoms with Crippen molar-refractivity contribution in [2.45, 2.75) is 43.5 Å². The molecule has 5 rings (SSSR count). The number of thiophene rings is 2. The van der Waals surface area contributed by atoms with Crippen LogP contribution in [-0.2, 0) is 39.1 Å². The van der Waals surface area contributed by atoms with Crippen molar-refractivity contribution in [2.24, 2.45) is 5.92 Å². The Morgan fingerprint density at radius 2 is 1.82 bits per heavy atom. The molecule has 1 amide bonds. The van der Waals surface area contributed by atoms with E-state index in [0.717, 1.165) is 34.9 Å². The van der Waals surface area contributed by atoms with Gasteiger partial charge in [0.2, 0.25) is 5.91 Å². The molecule has 1 N–H and O–H groups in total. The van der Waals surface area contributed by atoms with Gasteiger partial charge in [-0.3, -0.25) is 9.69 Å². The van der Waals surface area contributed by atoms with Crippen molar-refractivity contribution in [3.05, 3.63) is 68.4 Å². The van der Waals surface area contributed by atoms with E-state index in [9.17, 15) is 18.0 Å². The van der Waals surface area contributed by atoms with Crippen LogP contribution < -0.4 is 5.32 Å². The van der Waals surface area contributed by atoms with Crippen LogP contribution in [0.5, 0.6) is 0 Å². The Morgan fingerprint density at radius 3 is 2.49 bits per heavy atom. The molecule has 0 atom stereocenters. The average molecular weight is 608 g/mol. The third kappa shape index (κ3) is 6.23. The van der Waals surface area contributed by atoms with E-state index in [0.29, 0.717) is 40.7 Å². The third-order valence-corrected chi connectivity index (χ3v) is 11.8. The highest BCUT2D eigenvalue weighted by Crippen LogP contribution is 2.39. The lowest BCUT2D eigenvalue weighted by Crippen LogP contribution is -2.41. The number of amides is 1. The first-order valence-electron chi connectivity index (χ1n) is 12.9. The number of carbonyl (C=O) groups is 2. The molecule has 2 aromatic heterocycles. The first-order valence-corrected chi connectivity index (χ1v) is 16.4. The average Bonchev–Trinajstić information content (AvgIpc) is 3.53. The Bertz CT molecular complexity index is 1450. The van der Waals surface area contributed by atoms with Gasteiger partial charge in [0, 0.05) is 43.5 Å². The molecule has 1 fully saturated rings. The number of sulfonamides is 1. The fourth-order valence-corrected chi connectivity index (χ4v) is 9.46. The summed E-state index contributed by atoms with van der Waals surface area (Å²) in [5.74, 6) is -0.971. The van der Waals surface area contributed by atoms with Gasteiger partial charge < -0.3 is 10.1 Å². The Balaban J connectivity index is 1.28. The molecule has 208 valence electrons. The predicted molar refractivity (Wildman–Crippen MR) is 154 cm³/mol. The summed E-state index contributed by atoms with van der Waals surface area (Å²) in [4.78, 5) is 29.7. The zero-order valence-corrected chi connectivity index (χ0v) is 24.7. The standard InChI is InChI=1S/C27H30ClN3O5S3/c1-2-36-27(33)24-20-12-13-30(16-18-6-4-3-5-7-18)17-21(20)37-26(24)29-25(32)19-10-14-31(15-11-19)39(34,35)23-9-8-22(28)38-23/h3-9,19H,2,10-17H2,1H3,(H,29,32). The van der Waals surface area contributed by atoms with Crippen molar-refractivity contribution < 1.29 is 22.7 Å². The number of nitrogens with one attached hydrogen (secondary N) is 1. The van der Waals surface area contributed by atoms with E-state index in [4.69, 9.17) is 16.3 Å². The lowest BCUT2D eigenvalue weighted by Gasteiger charge is -2.30. The molecule has 2 aliphatic heterocycles. The van der Waals surface area contributed by atoms with Gasteiger partial charge in [0.25, 0.3) is 10.0 Å². The number of anilines is 1. The highest BCUT2D eigenvalue weighted by Gasteiger charge is 2.35. The second kappa shape index (κ2) is 12.1. The van der Waals surface area contributed by atoms with Gasteiger partial charge in [-0.2, -0.15) is 4.31 Å². The van der Waals surface area contributed by atoms with E-state index in [1.807, 2.05) is 18.2 Å². The molecule has 0 bridgehead atoms. The maximum Gasteiger partial charge on any atom is 0.341 e. The third-order valence-electron chi connectivity index (χ3n) is 7.07. The fourth-order valence-electron chi connectivity index (χ4n) is 5.08. The van der Waals surface area contributed by atoms with Crippen molar-refractivity contribution in [3.63, 3.8) is 0 Å². The number of hydrogen-bond acceptors (Lipinski definition) is 8. The molecule has 0 saturated carbocycles. The number of hydrogen-bond donors (Lipinski definition) is 1. The maximum absolute atomic E-state index is 13.3. The number of benzene rings is 1. The van der Waals surface area contributed by atoms with Crippen LogP contribution in [0.1, 0.15) is 46.1 Å². The Kier molecular flexibility index (Phi) is 8.75. The first kappa shape index (κ1) is 28.3. The van der Waals surface area contributed by atoms with E-state index in [1.165, 1.54) is 27.3 Å². The molecule has 0 radical (unpaired) electrons. The van der Waals surface area contributed by atoms with Crippen LogP contribution in [0.4, 0.5) is 5.00 Å². The summed E-state index contributed by atoms with van der Waals surface area (Å²) in [5.41, 5.74) is 2.64. The van der Waals surface area contributed by atoms with Crippen LogP contribution in [0.15, 0.2) is 46.7 Å². The van der Waals surface area contributed by atoms with Crippen LogP contribution >= 0.6 is 34.3 Å². The highest BCUT2D eigenvalue weighted by atomic mass is 35.5. The van der Waals surface area contributed by atoms with Gasteiger partial charge in [0.15, 0.2) is 0 Å². The summed E-state index contributed by atoms with van der Waals surface area (Å²) in [6, 6.07) is 13.3. The Hall–Kier alpha value is -2.28. The number of esters is 1. The van der Waals surface area contributed by atoms with Crippen molar-refractivity contribution in [2.75, 3.05) is 31.6 Å². The number of halogens is 1. The van der Waals surface area contributed by atoms with E-state index < -0.39 is 16.0 Å². The lowest BCUT2D eigenvalue weighted by atomic mass is 9.97. The molecule has 3 aromatic rings. The SMILES string of the molecule is CCOC(=O)c1c(NC(=O)C2CCN(S(=O)(=O)c3ccc(Cl)s3)CC2)sc2c1CCN(Cc1ccccc1)C2. The molecule has 1 saturated heterocycles. The minimum Gasteiger partial charge on any atom is -0.462 e. The smallest absolute Gasteiger partial charge is 0.341 e. The molecule has 2 aliphatic rings. The Labute approximate surface area is 241 Å². The number of piperidine rings is 1. The zero-order chi connectivity index (χ0) is 27.6. The van der Waals surface area contributed by atoms with E-state index >= 15 is 0 Å². The predicted octanol–water partition coefficient (Wildman–Crippen LogP) is 5.24. The van der Waals surface area contributed by atoms with Gasteiger partial charge >= 0.3 is 5.97 Å². The fraction of sp³-hybridized carbons (Fsp3) is 0.407. The summed E-state index contributed by atoms with van der Waals surface area (Å²) in [6.07, 6.45) is 1.50. The van der Waals surface area contributed by atoms with Gasteiger partial charge in [-0.15, -0.1) is 22.7 Å². The quantitative estimate of drug-likeness (QED) is 0.352. The second-order valence-electron chi connectivity index (χ2n) is 9.60. The van der Waals surface area contributed by atoms with Crippen LogP contribution in [0.3, 0.4) is 0 Å². The van der Waals surface area contributed by atoms with Crippen molar-refractivity contribution in [1.29, 1.82) is 0 Å². The molecule has 39 heavy (non-hydrogen) atoms. The summed E-state index contributed by atoms with van der Waals surface area (Å²) in [5, 5.41) is 3.53. The summed E-state index contributed by atoms with van der Waals surface area (Å²) >= 11 is 8.40. The minimum atomic E-state index is -3.63. The molecule has 0 spiro atoms. The second-order valence-corrected chi connectivity index (χ2v) is 14.6. The first-order chi connectivity index (χ1) is 18.8. The van der Waals surface area contributed by atoms with Crippen LogP contribution in [0.25, 0.3) is 0 Å². The molecule has 12 heteroatoms. The van der Waals surface area contributed by atoms with Crippen molar-refractivity contribution >= 4 is 61.2 Å². The number of fused-ring (bicyclic) bond motifs is 1. The van der Waals surface area contributed by atoms with E-state index in [1.54, 1.807) is 13.0 Å². The lowest BCUT2D eigenvalue weighted by molar-refractivity contribution is -0.120. The summed E-state index contributed by atoms with van der Waals surface area (Å²) in [7, 11) is -3.63. The number of rotatable bonds is 8. The molecular weight excluding hydrogens is 578 g/mol. The normalized spacial score (nSPS) is 17.1. The highest BCUT2D eigenvalue weighted by molar-refractivity contribution is 7.91. The van der Waals surface area contributed by atoms with Crippen LogP contribution in [0, 0.1) is 5.92 Å². The number of ether oxygens (including phenoxy) is 1. The molecular formula is C27H30ClN3O5S3. The van der Waals surface area contributed by atoms with Gasteiger partial charge in [-0.05, 0) is 49.4 Å². The molecule has 8 nitrogen and oxygen atoms in total. The minimum absolute atomic E-state index is 0.198. The summed E-state index contributed by atoms with van der Waals surface area (Å²) in [6.45, 7) is 4.82. The van der Waals surface area contributed by atoms with Gasteiger partial charge in [-0.25, -0.2) is 13.2 Å². The molecule has 4 heterocycles. The van der Waals surface area contributed by atoms with Crippen molar-refractivity contribution in [1.82, 2.24) is 9.21 Å². The number of carbonyl (C=O) groups excluding carboxylic acids is 2. The largest absolute Gasteiger partial charge is 0.462 e. The van der Waals surface area contributed by atoms with Gasteiger partial charge in [0.05, 0.1) is 16.5 Å². The van der Waals surface area contributed by atoms with E-state index in [-0.39, 0.29) is 35.7 Å². The van der Waals surface area contributed by atoms with Crippen LogP contribution in [0.2, 0.25) is 4.34 Å². The van der Waals surface area contributed by atoms with E-state index in [2.05, 4.69) is 22.3 Å². The molecule has 0 aliphatic carbocycles. The van der Waals surface area contributed by atoms with Gasteiger partial charge in [-0.1, -0.05) is 41.9 Å². The monoisotopic (exact) mass is 607 g/mol.